The molecule has 0 bridgehead atoms. The van der Waals surface area contributed by atoms with E-state index in [1.165, 1.54) is 12.1 Å². The van der Waals surface area contributed by atoms with E-state index in [1.54, 1.807) is 19.1 Å². The summed E-state index contributed by atoms with van der Waals surface area (Å²) in [6.07, 6.45) is 2.62. The van der Waals surface area contributed by atoms with Gasteiger partial charge >= 0.3 is 6.09 Å². The minimum atomic E-state index is -0.381. The quantitative estimate of drug-likeness (QED) is 0.465. The molecule has 0 saturated heterocycles. The summed E-state index contributed by atoms with van der Waals surface area (Å²) in [7, 11) is 0. The summed E-state index contributed by atoms with van der Waals surface area (Å²) in [5, 5.41) is 9.39. The van der Waals surface area contributed by atoms with Crippen LogP contribution in [0.2, 0.25) is 0 Å². The zero-order valence-corrected chi connectivity index (χ0v) is 15.6. The number of benzene rings is 1. The Labute approximate surface area is 154 Å². The van der Waals surface area contributed by atoms with Gasteiger partial charge in [0, 0.05) is 13.1 Å². The van der Waals surface area contributed by atoms with Crippen LogP contribution >= 0.6 is 0 Å². The molecule has 0 aromatic heterocycles. The van der Waals surface area contributed by atoms with Crippen molar-refractivity contribution in [3.63, 3.8) is 0 Å². The average Bonchev–Trinajstić information content (AvgIpc) is 3.45. The van der Waals surface area contributed by atoms with Crippen LogP contribution < -0.4 is 16.0 Å². The second kappa shape index (κ2) is 10.6. The molecule has 0 aliphatic heterocycles. The summed E-state index contributed by atoms with van der Waals surface area (Å²) in [6, 6.07) is 6.51. The molecule has 144 valence electrons. The highest BCUT2D eigenvalue weighted by Gasteiger charge is 2.32. The fourth-order valence-electron chi connectivity index (χ4n) is 2.64. The molecule has 2 rings (SSSR count). The molecule has 7 heteroatoms. The third kappa shape index (κ3) is 7.29. The van der Waals surface area contributed by atoms with E-state index >= 15 is 0 Å². The molecular formula is C19H29FN4O2. The summed E-state index contributed by atoms with van der Waals surface area (Å²) in [5.74, 6) is 0.966. The molecule has 0 heterocycles. The molecule has 0 spiro atoms. The number of ether oxygens (including phenoxy) is 1. The van der Waals surface area contributed by atoms with Crippen molar-refractivity contribution in [3.05, 3.63) is 35.6 Å². The van der Waals surface area contributed by atoms with E-state index in [0.29, 0.717) is 31.6 Å². The number of carbonyl (C=O) groups is 1. The normalized spacial score (nSPS) is 15.3. The van der Waals surface area contributed by atoms with Crippen LogP contribution in [0.25, 0.3) is 0 Å². The van der Waals surface area contributed by atoms with Crippen molar-refractivity contribution in [2.45, 2.75) is 39.2 Å². The number of nitrogens with one attached hydrogen (secondary N) is 3. The van der Waals surface area contributed by atoms with Crippen molar-refractivity contribution in [2.75, 3.05) is 26.2 Å². The molecular weight excluding hydrogens is 335 g/mol. The lowest BCUT2D eigenvalue weighted by molar-refractivity contribution is 0.147. The van der Waals surface area contributed by atoms with Gasteiger partial charge in [0.05, 0.1) is 19.2 Å². The van der Waals surface area contributed by atoms with Gasteiger partial charge in [-0.3, -0.25) is 4.99 Å². The summed E-state index contributed by atoms with van der Waals surface area (Å²) in [6.45, 7) is 6.11. The lowest BCUT2D eigenvalue weighted by Gasteiger charge is -2.17. The lowest BCUT2D eigenvalue weighted by atomic mass is 10.1. The van der Waals surface area contributed by atoms with E-state index < -0.39 is 0 Å². The zero-order chi connectivity index (χ0) is 18.8. The van der Waals surface area contributed by atoms with Gasteiger partial charge in [-0.25, -0.2) is 9.18 Å². The van der Waals surface area contributed by atoms with Gasteiger partial charge in [-0.2, -0.15) is 0 Å². The molecule has 1 atom stereocenters. The molecule has 3 N–H and O–H groups in total. The Balaban J connectivity index is 1.83. The van der Waals surface area contributed by atoms with E-state index in [9.17, 15) is 9.18 Å². The largest absolute Gasteiger partial charge is 0.450 e. The zero-order valence-electron chi connectivity index (χ0n) is 15.6. The van der Waals surface area contributed by atoms with Crippen molar-refractivity contribution in [1.82, 2.24) is 16.0 Å². The van der Waals surface area contributed by atoms with Crippen molar-refractivity contribution >= 4 is 12.1 Å². The lowest BCUT2D eigenvalue weighted by Crippen LogP contribution is -2.42. The number of alkyl carbamates (subject to hydrolysis) is 1. The number of hydrogen-bond donors (Lipinski definition) is 3. The highest BCUT2D eigenvalue weighted by Crippen LogP contribution is 2.32. The van der Waals surface area contributed by atoms with Gasteiger partial charge in [-0.05, 0) is 56.7 Å². The van der Waals surface area contributed by atoms with Crippen LogP contribution in [0.1, 0.15) is 32.3 Å². The molecule has 1 aromatic rings. The SMILES string of the molecule is CCNC(=NCC(NC(=O)OCC)C1CC1)NCCc1ccc(F)cc1. The van der Waals surface area contributed by atoms with Crippen molar-refractivity contribution in [3.8, 4) is 0 Å². The van der Waals surface area contributed by atoms with Crippen LogP contribution in [0.3, 0.4) is 0 Å². The summed E-state index contributed by atoms with van der Waals surface area (Å²) in [5.41, 5.74) is 1.06. The van der Waals surface area contributed by atoms with E-state index in [0.717, 1.165) is 31.4 Å². The number of hydrogen-bond acceptors (Lipinski definition) is 3. The van der Waals surface area contributed by atoms with Crippen LogP contribution in [0, 0.1) is 11.7 Å². The van der Waals surface area contributed by atoms with E-state index in [-0.39, 0.29) is 18.0 Å². The number of aliphatic imine (C=N–C) groups is 1. The molecule has 1 amide bonds. The van der Waals surface area contributed by atoms with Crippen molar-refractivity contribution in [2.24, 2.45) is 10.9 Å². The van der Waals surface area contributed by atoms with Gasteiger partial charge in [-0.15, -0.1) is 0 Å². The van der Waals surface area contributed by atoms with E-state index in [2.05, 4.69) is 20.9 Å². The monoisotopic (exact) mass is 364 g/mol. The minimum absolute atomic E-state index is 0.00149. The Hall–Kier alpha value is -2.31. The third-order valence-corrected chi connectivity index (χ3v) is 4.18. The van der Waals surface area contributed by atoms with E-state index in [4.69, 9.17) is 4.74 Å². The highest BCUT2D eigenvalue weighted by atomic mass is 19.1. The molecule has 6 nitrogen and oxygen atoms in total. The first-order chi connectivity index (χ1) is 12.6. The first-order valence-corrected chi connectivity index (χ1v) is 9.32. The average molecular weight is 364 g/mol. The van der Waals surface area contributed by atoms with Gasteiger partial charge in [-0.1, -0.05) is 12.1 Å². The summed E-state index contributed by atoms with van der Waals surface area (Å²) < 4.78 is 17.9. The van der Waals surface area contributed by atoms with Gasteiger partial charge in [0.25, 0.3) is 0 Å². The first kappa shape index (κ1) is 20.0. The molecule has 1 aromatic carbocycles. The number of carbonyl (C=O) groups excluding carboxylic acids is 1. The fraction of sp³-hybridized carbons (Fsp3) is 0.579. The topological polar surface area (TPSA) is 74.8 Å². The van der Waals surface area contributed by atoms with Crippen LogP contribution in [-0.2, 0) is 11.2 Å². The maximum Gasteiger partial charge on any atom is 0.407 e. The fourth-order valence-corrected chi connectivity index (χ4v) is 2.64. The highest BCUT2D eigenvalue weighted by molar-refractivity contribution is 5.79. The Morgan fingerprint density at radius 2 is 2.00 bits per heavy atom. The Bertz CT molecular complexity index is 588. The number of guanidine groups is 1. The van der Waals surface area contributed by atoms with Gasteiger partial charge < -0.3 is 20.7 Å². The maximum atomic E-state index is 12.9. The second-order valence-corrected chi connectivity index (χ2v) is 6.33. The first-order valence-electron chi connectivity index (χ1n) is 9.32. The smallest absolute Gasteiger partial charge is 0.407 e. The molecule has 1 fully saturated rings. The Morgan fingerprint density at radius 1 is 1.27 bits per heavy atom. The Morgan fingerprint density at radius 3 is 2.62 bits per heavy atom. The standard InChI is InChI=1S/C19H29FN4O2/c1-3-21-18(22-12-11-14-5-9-16(20)10-6-14)23-13-17(15-7-8-15)24-19(25)26-4-2/h5-6,9-10,15,17H,3-4,7-8,11-13H2,1-2H3,(H,24,25)(H2,21,22,23). The van der Waals surface area contributed by atoms with Gasteiger partial charge in [0.2, 0.25) is 0 Å². The second-order valence-electron chi connectivity index (χ2n) is 6.33. The van der Waals surface area contributed by atoms with E-state index in [1.807, 2.05) is 6.92 Å². The van der Waals surface area contributed by atoms with Crippen LogP contribution in [0.15, 0.2) is 29.3 Å². The third-order valence-electron chi connectivity index (χ3n) is 4.18. The number of amides is 1. The summed E-state index contributed by atoms with van der Waals surface area (Å²) in [4.78, 5) is 16.3. The molecule has 1 aliphatic rings. The minimum Gasteiger partial charge on any atom is -0.450 e. The number of nitrogens with zero attached hydrogens (tertiary/aromatic N) is 1. The molecule has 0 radical (unpaired) electrons. The predicted octanol–water partition coefficient (Wildman–Crippen LogP) is 2.45. The van der Waals surface area contributed by atoms with Crippen LogP contribution in [-0.4, -0.2) is 44.3 Å². The molecule has 1 saturated carbocycles. The van der Waals surface area contributed by atoms with Crippen molar-refractivity contribution < 1.29 is 13.9 Å². The number of halogens is 1. The Kier molecular flexibility index (Phi) is 8.18. The van der Waals surface area contributed by atoms with Crippen LogP contribution in [0.5, 0.6) is 0 Å². The number of rotatable bonds is 9. The van der Waals surface area contributed by atoms with Crippen LogP contribution in [0.4, 0.5) is 9.18 Å². The predicted molar refractivity (Wildman–Crippen MR) is 101 cm³/mol. The van der Waals surface area contributed by atoms with Crippen molar-refractivity contribution in [1.29, 1.82) is 0 Å². The molecule has 1 aliphatic carbocycles. The van der Waals surface area contributed by atoms with Gasteiger partial charge in [0.1, 0.15) is 5.82 Å². The summed E-state index contributed by atoms with van der Waals surface area (Å²) >= 11 is 0. The molecule has 26 heavy (non-hydrogen) atoms. The maximum absolute atomic E-state index is 12.9. The molecule has 1 unspecified atom stereocenters. The van der Waals surface area contributed by atoms with Gasteiger partial charge in [0.15, 0.2) is 5.96 Å².